The van der Waals surface area contributed by atoms with Crippen molar-refractivity contribution in [2.75, 3.05) is 13.6 Å². The van der Waals surface area contributed by atoms with E-state index in [0.29, 0.717) is 13.0 Å². The molecular weight excluding hydrogens is 328 g/mol. The Kier molecular flexibility index (Phi) is 5.11. The summed E-state index contributed by atoms with van der Waals surface area (Å²) in [4.78, 5) is 27.8. The lowest BCUT2D eigenvalue weighted by Crippen LogP contribution is -2.41. The molecule has 0 saturated carbocycles. The number of aromatic nitrogens is 2. The Morgan fingerprint density at radius 1 is 1.31 bits per heavy atom. The maximum absolute atomic E-state index is 12.5. The van der Waals surface area contributed by atoms with Crippen LogP contribution < -0.4 is 0 Å². The van der Waals surface area contributed by atoms with Crippen molar-refractivity contribution in [1.82, 2.24) is 19.6 Å². The van der Waals surface area contributed by atoms with Crippen LogP contribution in [0.15, 0.2) is 30.3 Å². The van der Waals surface area contributed by atoms with E-state index in [2.05, 4.69) is 5.10 Å². The van der Waals surface area contributed by atoms with E-state index in [4.69, 9.17) is 0 Å². The van der Waals surface area contributed by atoms with Crippen molar-refractivity contribution < 1.29 is 9.59 Å². The van der Waals surface area contributed by atoms with Crippen molar-refractivity contribution in [3.63, 3.8) is 0 Å². The van der Waals surface area contributed by atoms with Crippen LogP contribution in [0.4, 0.5) is 0 Å². The van der Waals surface area contributed by atoms with Gasteiger partial charge in [-0.2, -0.15) is 5.10 Å². The molecule has 1 saturated heterocycles. The average Bonchev–Trinajstić information content (AvgIpc) is 3.10. The highest BCUT2D eigenvalue weighted by Gasteiger charge is 2.29. The van der Waals surface area contributed by atoms with Crippen LogP contribution >= 0.6 is 0 Å². The average molecular weight is 354 g/mol. The van der Waals surface area contributed by atoms with Gasteiger partial charge in [0.1, 0.15) is 0 Å². The first-order valence-corrected chi connectivity index (χ1v) is 9.01. The second-order valence-corrected chi connectivity index (χ2v) is 7.17. The Labute approximate surface area is 154 Å². The molecule has 1 aliphatic rings. The topological polar surface area (TPSA) is 58.4 Å². The molecule has 6 nitrogen and oxygen atoms in total. The molecule has 2 heterocycles. The molecule has 0 spiro atoms. The molecule has 0 bridgehead atoms. The van der Waals surface area contributed by atoms with Gasteiger partial charge in [0.05, 0.1) is 17.9 Å². The normalized spacial score (nSPS) is 17.0. The summed E-state index contributed by atoms with van der Waals surface area (Å²) in [5.74, 6) is 0.0365. The maximum atomic E-state index is 12.5. The number of aryl methyl sites for hydroxylation is 2. The molecular formula is C20H26N4O2. The SMILES string of the molecule is Cc1cc(C)n(-c2cccc(CN(C)C(=O)CN3C(=O)CC[C@H]3C)c2)n1. The molecule has 2 aromatic rings. The molecule has 3 rings (SSSR count). The Bertz CT molecular complexity index is 827. The first-order valence-electron chi connectivity index (χ1n) is 9.01. The zero-order chi connectivity index (χ0) is 18.8. The molecule has 26 heavy (non-hydrogen) atoms. The molecule has 1 fully saturated rings. The van der Waals surface area contributed by atoms with Gasteiger partial charge in [0.2, 0.25) is 11.8 Å². The molecule has 0 radical (unpaired) electrons. The van der Waals surface area contributed by atoms with Crippen LogP contribution in [0.2, 0.25) is 0 Å². The van der Waals surface area contributed by atoms with Crippen LogP contribution in [-0.4, -0.2) is 51.0 Å². The van der Waals surface area contributed by atoms with Crippen LogP contribution in [0.1, 0.15) is 36.7 Å². The third-order valence-electron chi connectivity index (χ3n) is 4.94. The minimum atomic E-state index is -0.0383. The van der Waals surface area contributed by atoms with Crippen molar-refractivity contribution in [3.8, 4) is 5.69 Å². The third-order valence-corrected chi connectivity index (χ3v) is 4.94. The largest absolute Gasteiger partial charge is 0.340 e. The number of benzene rings is 1. The van der Waals surface area contributed by atoms with Crippen LogP contribution in [-0.2, 0) is 16.1 Å². The van der Waals surface area contributed by atoms with Gasteiger partial charge in [0.25, 0.3) is 0 Å². The standard InChI is InChI=1S/C20H26N4O2/c1-14-10-16(3)24(21-14)18-7-5-6-17(11-18)12-22(4)20(26)13-23-15(2)8-9-19(23)25/h5-7,10-11,15H,8-9,12-13H2,1-4H3/t15-/m1/s1. The van der Waals surface area contributed by atoms with Gasteiger partial charge in [0, 0.05) is 31.7 Å². The van der Waals surface area contributed by atoms with Crippen molar-refractivity contribution in [3.05, 3.63) is 47.3 Å². The van der Waals surface area contributed by atoms with Gasteiger partial charge in [0.15, 0.2) is 0 Å². The predicted octanol–water partition coefficient (Wildman–Crippen LogP) is 2.46. The Hall–Kier alpha value is -2.63. The summed E-state index contributed by atoms with van der Waals surface area (Å²) in [5, 5.41) is 4.51. The fraction of sp³-hybridized carbons (Fsp3) is 0.450. The number of rotatable bonds is 5. The summed E-state index contributed by atoms with van der Waals surface area (Å²) in [6, 6.07) is 10.2. The summed E-state index contributed by atoms with van der Waals surface area (Å²) in [7, 11) is 1.78. The van der Waals surface area contributed by atoms with Gasteiger partial charge in [-0.15, -0.1) is 0 Å². The lowest BCUT2D eigenvalue weighted by atomic mass is 10.2. The smallest absolute Gasteiger partial charge is 0.242 e. The molecule has 1 aromatic carbocycles. The lowest BCUT2D eigenvalue weighted by molar-refractivity contribution is -0.138. The van der Waals surface area contributed by atoms with Gasteiger partial charge < -0.3 is 9.80 Å². The Morgan fingerprint density at radius 3 is 2.69 bits per heavy atom. The highest BCUT2D eigenvalue weighted by Crippen LogP contribution is 2.18. The van der Waals surface area contributed by atoms with E-state index in [1.807, 2.05) is 55.8 Å². The van der Waals surface area contributed by atoms with E-state index in [-0.39, 0.29) is 24.4 Å². The van der Waals surface area contributed by atoms with E-state index < -0.39 is 0 Å². The minimum absolute atomic E-state index is 0.0383. The Balaban J connectivity index is 1.68. The van der Waals surface area contributed by atoms with Gasteiger partial charge in [-0.1, -0.05) is 12.1 Å². The first-order chi connectivity index (χ1) is 12.3. The molecule has 1 atom stereocenters. The highest BCUT2D eigenvalue weighted by molar-refractivity contribution is 5.86. The monoisotopic (exact) mass is 354 g/mol. The Morgan fingerprint density at radius 2 is 2.08 bits per heavy atom. The van der Waals surface area contributed by atoms with E-state index in [1.54, 1.807) is 16.8 Å². The van der Waals surface area contributed by atoms with E-state index >= 15 is 0 Å². The van der Waals surface area contributed by atoms with Crippen LogP contribution in [0, 0.1) is 13.8 Å². The van der Waals surface area contributed by atoms with Crippen molar-refractivity contribution in [2.24, 2.45) is 0 Å². The van der Waals surface area contributed by atoms with Crippen LogP contribution in [0.5, 0.6) is 0 Å². The summed E-state index contributed by atoms with van der Waals surface area (Å²) in [6.07, 6.45) is 1.38. The number of hydrogen-bond acceptors (Lipinski definition) is 3. The summed E-state index contributed by atoms with van der Waals surface area (Å²) >= 11 is 0. The second kappa shape index (κ2) is 7.32. The van der Waals surface area contributed by atoms with E-state index in [0.717, 1.165) is 29.1 Å². The summed E-state index contributed by atoms with van der Waals surface area (Å²) in [5.41, 5.74) is 4.07. The summed E-state index contributed by atoms with van der Waals surface area (Å²) < 4.78 is 1.91. The number of hydrogen-bond donors (Lipinski definition) is 0. The van der Waals surface area contributed by atoms with Crippen molar-refractivity contribution in [2.45, 2.75) is 46.2 Å². The molecule has 0 aliphatic carbocycles. The highest BCUT2D eigenvalue weighted by atomic mass is 16.2. The number of nitrogens with zero attached hydrogens (tertiary/aromatic N) is 4. The van der Waals surface area contributed by atoms with Gasteiger partial charge in [-0.3, -0.25) is 9.59 Å². The third kappa shape index (κ3) is 3.79. The van der Waals surface area contributed by atoms with Gasteiger partial charge in [-0.25, -0.2) is 4.68 Å². The number of likely N-dealkylation sites (tertiary alicyclic amines) is 1. The molecule has 0 unspecified atom stereocenters. The summed E-state index contributed by atoms with van der Waals surface area (Å²) in [6.45, 7) is 6.66. The van der Waals surface area contributed by atoms with Gasteiger partial charge in [-0.05, 0) is 51.0 Å². The fourth-order valence-electron chi connectivity index (χ4n) is 3.43. The second-order valence-electron chi connectivity index (χ2n) is 7.17. The van der Waals surface area contributed by atoms with Crippen molar-refractivity contribution >= 4 is 11.8 Å². The molecule has 0 N–H and O–H groups in total. The fourth-order valence-corrected chi connectivity index (χ4v) is 3.43. The number of carbonyl (C=O) groups is 2. The molecule has 1 aliphatic heterocycles. The zero-order valence-corrected chi connectivity index (χ0v) is 15.9. The number of carbonyl (C=O) groups excluding carboxylic acids is 2. The van der Waals surface area contributed by atoms with Gasteiger partial charge >= 0.3 is 0 Å². The van der Waals surface area contributed by atoms with E-state index in [9.17, 15) is 9.59 Å². The maximum Gasteiger partial charge on any atom is 0.242 e. The molecule has 2 amide bonds. The van der Waals surface area contributed by atoms with Crippen LogP contribution in [0.25, 0.3) is 5.69 Å². The van der Waals surface area contributed by atoms with E-state index in [1.165, 1.54) is 0 Å². The molecule has 6 heteroatoms. The minimum Gasteiger partial charge on any atom is -0.340 e. The number of likely N-dealkylation sites (N-methyl/N-ethyl adjacent to an activating group) is 1. The first kappa shape index (κ1) is 18.2. The lowest BCUT2D eigenvalue weighted by Gasteiger charge is -2.25. The van der Waals surface area contributed by atoms with Crippen LogP contribution in [0.3, 0.4) is 0 Å². The zero-order valence-electron chi connectivity index (χ0n) is 15.9. The predicted molar refractivity (Wildman–Crippen MR) is 99.9 cm³/mol. The number of amides is 2. The molecule has 138 valence electrons. The van der Waals surface area contributed by atoms with Crippen molar-refractivity contribution in [1.29, 1.82) is 0 Å². The molecule has 1 aromatic heterocycles. The quantitative estimate of drug-likeness (QED) is 0.829.